The van der Waals surface area contributed by atoms with E-state index in [0.29, 0.717) is 18.0 Å². The number of Topliss-reactive ketones (excluding diaryl/α,β-unsaturated/α-hetero) is 1. The molecule has 1 saturated heterocycles. The van der Waals surface area contributed by atoms with Gasteiger partial charge < -0.3 is 20.4 Å². The second-order valence-corrected chi connectivity index (χ2v) is 17.0. The zero-order valence-corrected chi connectivity index (χ0v) is 34.6. The summed E-state index contributed by atoms with van der Waals surface area (Å²) in [6, 6.07) is 16.7. The van der Waals surface area contributed by atoms with Crippen LogP contribution in [0.1, 0.15) is 118 Å². The second kappa shape index (κ2) is 20.8. The zero-order chi connectivity index (χ0) is 40.2. The van der Waals surface area contributed by atoms with E-state index in [4.69, 9.17) is 0 Å². The van der Waals surface area contributed by atoms with Crippen molar-refractivity contribution in [1.29, 1.82) is 0 Å². The standard InChI is InChI=1S/C44H62N4O6S/c1-8-30(5)35(24-39(49)37-16-12-13-21-47(37)7)43(52)48(26-33-14-10-9-11-15-33)38(28(2)3)25-40(50)42-46-36(27-55-42)41(51)45-34(22-31(6)44(53)54)23-32-19-17-29(4)18-20-32/h9-11,14-15,17-20,27-28,30-31,34-35,37-38,40,50H,8,12-13,16,21-26H2,1-7H3,(H,45,51)(H,53,54). The van der Waals surface area contributed by atoms with Crippen molar-refractivity contribution in [3.05, 3.63) is 87.4 Å². The third-order valence-electron chi connectivity index (χ3n) is 11.4. The minimum absolute atomic E-state index is 0.0188. The van der Waals surface area contributed by atoms with Crippen LogP contribution in [0.15, 0.2) is 60.0 Å². The summed E-state index contributed by atoms with van der Waals surface area (Å²) in [7, 11) is 2.00. The largest absolute Gasteiger partial charge is 0.481 e. The number of aromatic nitrogens is 1. The predicted molar refractivity (Wildman–Crippen MR) is 218 cm³/mol. The van der Waals surface area contributed by atoms with E-state index in [-0.39, 0.29) is 60.6 Å². The van der Waals surface area contributed by atoms with E-state index in [9.17, 15) is 29.4 Å². The average molecular weight is 775 g/mol. The van der Waals surface area contributed by atoms with Gasteiger partial charge in [0, 0.05) is 42.8 Å². The monoisotopic (exact) mass is 774 g/mol. The van der Waals surface area contributed by atoms with Crippen LogP contribution in [0.25, 0.3) is 0 Å². The van der Waals surface area contributed by atoms with Gasteiger partial charge in [-0.1, -0.05) is 108 Å². The summed E-state index contributed by atoms with van der Waals surface area (Å²) >= 11 is 1.19. The summed E-state index contributed by atoms with van der Waals surface area (Å²) in [5.41, 5.74) is 3.20. The van der Waals surface area contributed by atoms with Gasteiger partial charge in [0.05, 0.1) is 12.0 Å². The zero-order valence-electron chi connectivity index (χ0n) is 33.7. The van der Waals surface area contributed by atoms with Crippen LogP contribution in [0.3, 0.4) is 0 Å². The maximum absolute atomic E-state index is 14.8. The van der Waals surface area contributed by atoms with E-state index < -0.39 is 35.9 Å². The number of carbonyl (C=O) groups is 4. The topological polar surface area (TPSA) is 140 Å². The predicted octanol–water partition coefficient (Wildman–Crippen LogP) is 7.49. The number of aliphatic hydroxyl groups excluding tert-OH is 1. The van der Waals surface area contributed by atoms with Gasteiger partial charge in [0.1, 0.15) is 16.8 Å². The lowest BCUT2D eigenvalue weighted by atomic mass is 9.82. The Morgan fingerprint density at radius 1 is 0.982 bits per heavy atom. The van der Waals surface area contributed by atoms with Crippen LogP contribution in [0.2, 0.25) is 0 Å². The number of hydrogen-bond donors (Lipinski definition) is 3. The molecular formula is C44H62N4O6S. The number of aryl methyl sites for hydroxylation is 1. The van der Waals surface area contributed by atoms with E-state index in [0.717, 1.165) is 48.9 Å². The molecule has 0 bridgehead atoms. The summed E-state index contributed by atoms with van der Waals surface area (Å²) in [6.07, 6.45) is 3.68. The molecule has 10 nitrogen and oxygen atoms in total. The molecule has 2 aromatic carbocycles. The van der Waals surface area contributed by atoms with Gasteiger partial charge in [-0.3, -0.25) is 24.1 Å². The first kappa shape index (κ1) is 43.8. The Bertz CT molecular complexity index is 1700. The Labute approximate surface area is 331 Å². The fourth-order valence-corrected chi connectivity index (χ4v) is 8.42. The number of carbonyl (C=O) groups excluding carboxylic acids is 3. The van der Waals surface area contributed by atoms with Crippen LogP contribution in [0, 0.1) is 30.6 Å². The molecule has 0 radical (unpaired) electrons. The molecule has 1 fully saturated rings. The third kappa shape index (κ3) is 12.5. The maximum atomic E-state index is 14.8. The Kier molecular flexibility index (Phi) is 16.6. The number of benzene rings is 2. The van der Waals surface area contributed by atoms with Crippen molar-refractivity contribution in [2.24, 2.45) is 23.7 Å². The molecule has 1 aliphatic rings. The molecule has 0 spiro atoms. The molecule has 2 amide bonds. The minimum Gasteiger partial charge on any atom is -0.481 e. The molecule has 55 heavy (non-hydrogen) atoms. The highest BCUT2D eigenvalue weighted by Crippen LogP contribution is 2.33. The van der Waals surface area contributed by atoms with Crippen LogP contribution in [-0.2, 0) is 27.3 Å². The van der Waals surface area contributed by atoms with E-state index in [1.165, 1.54) is 11.3 Å². The van der Waals surface area contributed by atoms with Gasteiger partial charge in [-0.2, -0.15) is 0 Å². The van der Waals surface area contributed by atoms with Crippen molar-refractivity contribution in [3.8, 4) is 0 Å². The van der Waals surface area contributed by atoms with E-state index in [1.54, 1.807) is 12.3 Å². The summed E-state index contributed by atoms with van der Waals surface area (Å²) in [5, 5.41) is 26.3. The molecule has 4 rings (SSSR count). The van der Waals surface area contributed by atoms with Crippen molar-refractivity contribution < 1.29 is 29.4 Å². The number of aliphatic hydroxyl groups is 1. The number of nitrogens with one attached hydrogen (secondary N) is 1. The summed E-state index contributed by atoms with van der Waals surface area (Å²) in [4.78, 5) is 62.4. The van der Waals surface area contributed by atoms with Gasteiger partial charge >= 0.3 is 5.97 Å². The quantitative estimate of drug-likeness (QED) is 0.107. The van der Waals surface area contributed by atoms with Gasteiger partial charge in [-0.15, -0.1) is 11.3 Å². The number of carboxylic acids is 1. The first-order chi connectivity index (χ1) is 26.2. The first-order valence-electron chi connectivity index (χ1n) is 20.0. The number of carboxylic acid groups (broad SMARTS) is 1. The number of ketones is 1. The van der Waals surface area contributed by atoms with Gasteiger partial charge in [-0.25, -0.2) is 4.98 Å². The number of amides is 2. The SMILES string of the molecule is CCC(C)C(CC(=O)C1CCCCN1C)C(=O)N(Cc1ccccc1)C(CC(O)c1nc(C(=O)NC(Cc2ccc(C)cc2)CC(C)C(=O)O)cs1)C(C)C. The summed E-state index contributed by atoms with van der Waals surface area (Å²) < 4.78 is 0. The molecule has 0 saturated carbocycles. The van der Waals surface area contributed by atoms with E-state index in [1.807, 2.05) is 87.3 Å². The van der Waals surface area contributed by atoms with Crippen molar-refractivity contribution in [2.45, 2.75) is 124 Å². The Morgan fingerprint density at radius 2 is 1.67 bits per heavy atom. The van der Waals surface area contributed by atoms with Crippen molar-refractivity contribution in [1.82, 2.24) is 20.1 Å². The first-order valence-corrected chi connectivity index (χ1v) is 20.9. The molecule has 300 valence electrons. The molecule has 2 heterocycles. The summed E-state index contributed by atoms with van der Waals surface area (Å²) in [5.74, 6) is -2.54. The number of nitrogens with zero attached hydrogens (tertiary/aromatic N) is 3. The van der Waals surface area contributed by atoms with Crippen LogP contribution in [0.5, 0.6) is 0 Å². The average Bonchev–Trinajstić information content (AvgIpc) is 3.67. The Balaban J connectivity index is 1.56. The molecule has 1 aromatic heterocycles. The smallest absolute Gasteiger partial charge is 0.306 e. The number of likely N-dealkylation sites (N-methyl/N-ethyl adjacent to an activating group) is 1. The summed E-state index contributed by atoms with van der Waals surface area (Å²) in [6.45, 7) is 13.0. The number of thiazole rings is 1. The maximum Gasteiger partial charge on any atom is 0.306 e. The lowest BCUT2D eigenvalue weighted by molar-refractivity contribution is -0.145. The molecule has 1 aliphatic heterocycles. The van der Waals surface area contributed by atoms with Gasteiger partial charge in [0.2, 0.25) is 5.91 Å². The molecule has 3 N–H and O–H groups in total. The van der Waals surface area contributed by atoms with Gasteiger partial charge in [0.25, 0.3) is 5.91 Å². The van der Waals surface area contributed by atoms with Crippen LogP contribution in [-0.4, -0.2) is 80.3 Å². The van der Waals surface area contributed by atoms with Crippen molar-refractivity contribution >= 4 is 34.9 Å². The van der Waals surface area contributed by atoms with Crippen LogP contribution >= 0.6 is 11.3 Å². The molecule has 0 aliphatic carbocycles. The van der Waals surface area contributed by atoms with E-state index >= 15 is 0 Å². The fraction of sp³-hybridized carbons (Fsp3) is 0.568. The highest BCUT2D eigenvalue weighted by atomic mass is 32.1. The third-order valence-corrected chi connectivity index (χ3v) is 12.3. The number of likely N-dealkylation sites (tertiary alicyclic amines) is 1. The highest BCUT2D eigenvalue weighted by molar-refractivity contribution is 7.09. The van der Waals surface area contributed by atoms with Crippen LogP contribution < -0.4 is 5.32 Å². The molecule has 11 heteroatoms. The minimum atomic E-state index is -1.06. The number of piperidine rings is 1. The Morgan fingerprint density at radius 3 is 2.29 bits per heavy atom. The van der Waals surface area contributed by atoms with E-state index in [2.05, 4.69) is 29.0 Å². The van der Waals surface area contributed by atoms with Crippen molar-refractivity contribution in [3.63, 3.8) is 0 Å². The lowest BCUT2D eigenvalue weighted by Gasteiger charge is -2.39. The number of rotatable bonds is 20. The number of hydrogen-bond acceptors (Lipinski definition) is 8. The van der Waals surface area contributed by atoms with Crippen LogP contribution in [0.4, 0.5) is 0 Å². The molecule has 7 atom stereocenters. The van der Waals surface area contributed by atoms with Crippen molar-refractivity contribution in [2.75, 3.05) is 13.6 Å². The van der Waals surface area contributed by atoms with Gasteiger partial charge in [0.15, 0.2) is 5.78 Å². The highest BCUT2D eigenvalue weighted by Gasteiger charge is 2.38. The fourth-order valence-electron chi connectivity index (χ4n) is 7.63. The van der Waals surface area contributed by atoms with Gasteiger partial charge in [-0.05, 0) is 69.2 Å². The molecule has 3 aromatic rings. The number of aliphatic carboxylic acids is 1. The normalized spacial score (nSPS) is 18.2. The lowest BCUT2D eigenvalue weighted by Crippen LogP contribution is -2.49. The second-order valence-electron chi connectivity index (χ2n) is 16.1. The Hall–Kier alpha value is -3.93. The molecular weight excluding hydrogens is 713 g/mol. The molecule has 7 unspecified atom stereocenters.